The van der Waals surface area contributed by atoms with Crippen molar-refractivity contribution in [1.29, 1.82) is 0 Å². The third kappa shape index (κ3) is 2.50. The summed E-state index contributed by atoms with van der Waals surface area (Å²) in [6.45, 7) is 1.54. The first-order valence-electron chi connectivity index (χ1n) is 8.32. The van der Waals surface area contributed by atoms with Crippen LogP contribution in [-0.2, 0) is 0 Å². The van der Waals surface area contributed by atoms with Crippen LogP contribution < -0.4 is 11.1 Å². The number of benzene rings is 3. The minimum absolute atomic E-state index is 0.140. The molecule has 0 fully saturated rings. The number of aromatic nitrogens is 1. The van der Waals surface area contributed by atoms with Gasteiger partial charge in [-0.1, -0.05) is 42.5 Å². The lowest BCUT2D eigenvalue weighted by molar-refractivity contribution is -0.385. The molecule has 0 amide bonds. The first-order valence-corrected chi connectivity index (χ1v) is 8.32. The van der Waals surface area contributed by atoms with E-state index < -0.39 is 16.0 Å². The molecule has 0 aliphatic heterocycles. The van der Waals surface area contributed by atoms with Crippen molar-refractivity contribution >= 4 is 27.2 Å². The van der Waals surface area contributed by atoms with Crippen molar-refractivity contribution in [3.63, 3.8) is 0 Å². The second-order valence-electron chi connectivity index (χ2n) is 6.22. The van der Waals surface area contributed by atoms with Crippen LogP contribution in [-0.4, -0.2) is 9.49 Å². The molecule has 6 heteroatoms. The molecule has 0 unspecified atom stereocenters. The second kappa shape index (κ2) is 6.17. The smallest absolute Gasteiger partial charge is 0.268 e. The van der Waals surface area contributed by atoms with Gasteiger partial charge in [0.15, 0.2) is 0 Å². The second-order valence-corrected chi connectivity index (χ2v) is 6.22. The van der Waals surface area contributed by atoms with E-state index in [2.05, 4.69) is 0 Å². The molecule has 0 aliphatic rings. The van der Waals surface area contributed by atoms with E-state index in [1.165, 1.54) is 19.1 Å². The average molecular weight is 358 g/mol. The number of hydrogen-bond donors (Lipinski definition) is 0. The van der Waals surface area contributed by atoms with Gasteiger partial charge < -0.3 is 0 Å². The molecule has 3 aromatic carbocycles. The first-order chi connectivity index (χ1) is 13.0. The number of rotatable bonds is 2. The summed E-state index contributed by atoms with van der Waals surface area (Å²) in [4.78, 5) is 37.4. The van der Waals surface area contributed by atoms with Gasteiger partial charge in [-0.05, 0) is 35.9 Å². The van der Waals surface area contributed by atoms with Gasteiger partial charge in [0.1, 0.15) is 0 Å². The summed E-state index contributed by atoms with van der Waals surface area (Å²) < 4.78 is 1.03. The lowest BCUT2D eigenvalue weighted by atomic mass is 10.1. The number of hydrogen-bond acceptors (Lipinski definition) is 4. The van der Waals surface area contributed by atoms with E-state index in [1.807, 2.05) is 12.1 Å². The molecule has 0 N–H and O–H groups in total. The third-order valence-electron chi connectivity index (χ3n) is 4.73. The van der Waals surface area contributed by atoms with Crippen LogP contribution in [0.4, 0.5) is 5.69 Å². The fraction of sp³-hybridized carbons (Fsp3) is 0.0476. The zero-order valence-corrected chi connectivity index (χ0v) is 14.4. The van der Waals surface area contributed by atoms with Crippen LogP contribution in [0.2, 0.25) is 0 Å². The van der Waals surface area contributed by atoms with Crippen LogP contribution in [0.1, 0.15) is 5.56 Å². The van der Waals surface area contributed by atoms with Gasteiger partial charge in [0.25, 0.3) is 16.8 Å². The fourth-order valence-corrected chi connectivity index (χ4v) is 3.41. The zero-order chi connectivity index (χ0) is 19.1. The Balaban J connectivity index is 2.31. The van der Waals surface area contributed by atoms with Gasteiger partial charge >= 0.3 is 0 Å². The van der Waals surface area contributed by atoms with Crippen molar-refractivity contribution in [2.45, 2.75) is 6.92 Å². The van der Waals surface area contributed by atoms with Crippen molar-refractivity contribution in [2.75, 3.05) is 0 Å². The molecule has 132 valence electrons. The highest BCUT2D eigenvalue weighted by molar-refractivity contribution is 6.05. The van der Waals surface area contributed by atoms with Gasteiger partial charge in [-0.2, -0.15) is 0 Å². The van der Waals surface area contributed by atoms with Crippen molar-refractivity contribution in [1.82, 2.24) is 4.57 Å². The zero-order valence-electron chi connectivity index (χ0n) is 14.4. The van der Waals surface area contributed by atoms with Gasteiger partial charge in [-0.25, -0.2) is 4.57 Å². The summed E-state index contributed by atoms with van der Waals surface area (Å²) in [5, 5.41) is 13.4. The predicted molar refractivity (Wildman–Crippen MR) is 105 cm³/mol. The fourth-order valence-electron chi connectivity index (χ4n) is 3.41. The van der Waals surface area contributed by atoms with Crippen LogP contribution in [0.5, 0.6) is 0 Å². The molecule has 4 aromatic rings. The molecular formula is C21H14N2O4. The van der Waals surface area contributed by atoms with Crippen LogP contribution in [0.25, 0.3) is 27.2 Å². The van der Waals surface area contributed by atoms with Gasteiger partial charge in [0.2, 0.25) is 0 Å². The maximum atomic E-state index is 13.3. The van der Waals surface area contributed by atoms with E-state index in [0.29, 0.717) is 21.5 Å². The van der Waals surface area contributed by atoms with Gasteiger partial charge in [0.05, 0.1) is 16.2 Å². The SMILES string of the molecule is Cc1c(-n2c(=O)c3ccccc3c3ccccc3c2=O)cccc1[N+](=O)[O-]. The third-order valence-corrected chi connectivity index (χ3v) is 4.73. The normalized spacial score (nSPS) is 11.0. The van der Waals surface area contributed by atoms with Crippen LogP contribution in [0.15, 0.2) is 76.3 Å². The minimum Gasteiger partial charge on any atom is -0.268 e. The highest BCUT2D eigenvalue weighted by atomic mass is 16.6. The van der Waals surface area contributed by atoms with Crippen LogP contribution >= 0.6 is 0 Å². The molecule has 0 aliphatic carbocycles. The summed E-state index contributed by atoms with van der Waals surface area (Å²) >= 11 is 0. The van der Waals surface area contributed by atoms with Crippen molar-refractivity contribution in [2.24, 2.45) is 0 Å². The summed E-state index contributed by atoms with van der Waals surface area (Å²) in [7, 11) is 0. The first kappa shape index (κ1) is 16.7. The number of nitro groups is 1. The van der Waals surface area contributed by atoms with Gasteiger partial charge in [-0.3, -0.25) is 19.7 Å². The van der Waals surface area contributed by atoms with Crippen LogP contribution in [0, 0.1) is 17.0 Å². The molecule has 4 rings (SSSR count). The Labute approximate surface area is 153 Å². The molecule has 27 heavy (non-hydrogen) atoms. The summed E-state index contributed by atoms with van der Waals surface area (Å²) in [6, 6.07) is 18.4. The summed E-state index contributed by atoms with van der Waals surface area (Å²) in [6.07, 6.45) is 0. The summed E-state index contributed by atoms with van der Waals surface area (Å²) in [5.41, 5.74) is -0.670. The lowest BCUT2D eigenvalue weighted by Gasteiger charge is -2.07. The number of nitro benzene ring substituents is 1. The maximum Gasteiger partial charge on any atom is 0.274 e. The van der Waals surface area contributed by atoms with E-state index in [0.717, 1.165) is 4.57 Å². The molecule has 0 spiro atoms. The van der Waals surface area contributed by atoms with E-state index in [1.54, 1.807) is 42.5 Å². The lowest BCUT2D eigenvalue weighted by Crippen LogP contribution is -2.29. The Morgan fingerprint density at radius 1 is 0.741 bits per heavy atom. The molecule has 0 bridgehead atoms. The molecule has 0 saturated carbocycles. The molecule has 0 radical (unpaired) electrons. The number of nitrogens with zero attached hydrogens (tertiary/aromatic N) is 2. The monoisotopic (exact) mass is 358 g/mol. The highest BCUT2D eigenvalue weighted by Gasteiger charge is 2.18. The minimum atomic E-state index is -0.520. The van der Waals surface area contributed by atoms with E-state index >= 15 is 0 Å². The Kier molecular flexibility index (Phi) is 3.81. The van der Waals surface area contributed by atoms with E-state index in [-0.39, 0.29) is 16.9 Å². The van der Waals surface area contributed by atoms with Crippen molar-refractivity contribution in [3.05, 3.63) is 103 Å². The highest BCUT2D eigenvalue weighted by Crippen LogP contribution is 2.24. The molecule has 6 nitrogen and oxygen atoms in total. The quantitative estimate of drug-likeness (QED) is 0.404. The average Bonchev–Trinajstić information content (AvgIpc) is 2.77. The molecule has 1 aromatic heterocycles. The van der Waals surface area contributed by atoms with Crippen molar-refractivity contribution < 1.29 is 4.92 Å². The summed E-state index contributed by atoms with van der Waals surface area (Å²) in [5.74, 6) is 0. The maximum absolute atomic E-state index is 13.3. The largest absolute Gasteiger partial charge is 0.274 e. The standard InChI is InChI=1S/C21H14N2O4/c1-13-18(11-6-12-19(13)23(26)27)22-20(24)16-9-4-2-7-14(16)15-8-3-5-10-17(15)21(22)25/h2-12H,1H3. The van der Waals surface area contributed by atoms with E-state index in [9.17, 15) is 19.7 Å². The topological polar surface area (TPSA) is 82.2 Å². The molecule has 0 atom stereocenters. The van der Waals surface area contributed by atoms with Gasteiger partial charge in [0, 0.05) is 16.8 Å². The Hall–Kier alpha value is -3.80. The molecule has 1 heterocycles. The van der Waals surface area contributed by atoms with Crippen LogP contribution in [0.3, 0.4) is 0 Å². The van der Waals surface area contributed by atoms with Gasteiger partial charge in [-0.15, -0.1) is 0 Å². The Morgan fingerprint density at radius 3 is 1.70 bits per heavy atom. The molecular weight excluding hydrogens is 344 g/mol. The van der Waals surface area contributed by atoms with E-state index in [4.69, 9.17) is 0 Å². The van der Waals surface area contributed by atoms with Crippen molar-refractivity contribution in [3.8, 4) is 5.69 Å². The predicted octanol–water partition coefficient (Wildman–Crippen LogP) is 3.72. The molecule has 0 saturated heterocycles. The number of fused-ring (bicyclic) bond motifs is 3. The Morgan fingerprint density at radius 2 is 1.22 bits per heavy atom. The Bertz CT molecular complexity index is 1280.